The minimum atomic E-state index is 0.441. The van der Waals surface area contributed by atoms with Crippen molar-refractivity contribution in [3.63, 3.8) is 0 Å². The van der Waals surface area contributed by atoms with E-state index >= 15 is 0 Å². The Morgan fingerprint density at radius 3 is 2.94 bits per heavy atom. The summed E-state index contributed by atoms with van der Waals surface area (Å²) in [5.74, 6) is 1.26. The summed E-state index contributed by atoms with van der Waals surface area (Å²) in [5, 5.41) is 11.8. The molecule has 6 nitrogen and oxygen atoms in total. The third kappa shape index (κ3) is 2.71. The number of rotatable bonds is 3. The Morgan fingerprint density at radius 2 is 2.28 bits per heavy atom. The van der Waals surface area contributed by atoms with Crippen molar-refractivity contribution in [2.24, 2.45) is 0 Å². The predicted molar refractivity (Wildman–Crippen MR) is 67.5 cm³/mol. The summed E-state index contributed by atoms with van der Waals surface area (Å²) < 4.78 is 0. The highest BCUT2D eigenvalue weighted by atomic mass is 15.0. The first kappa shape index (κ1) is 11.8. The molecule has 0 atom stereocenters. The minimum absolute atomic E-state index is 0.441. The topological polar surface area (TPSA) is 101 Å². The first-order valence-corrected chi connectivity index (χ1v) is 5.37. The van der Waals surface area contributed by atoms with Crippen LogP contribution in [0.25, 0.3) is 0 Å². The molecule has 0 unspecified atom stereocenters. The molecule has 0 radical (unpaired) electrons. The molecule has 6 heteroatoms. The molecule has 0 aromatic carbocycles. The van der Waals surface area contributed by atoms with Crippen LogP contribution in [0.15, 0.2) is 24.5 Å². The average molecular weight is 240 g/mol. The molecule has 0 saturated carbocycles. The van der Waals surface area contributed by atoms with Gasteiger partial charge in [-0.1, -0.05) is 0 Å². The van der Waals surface area contributed by atoms with Crippen molar-refractivity contribution in [2.45, 2.75) is 13.5 Å². The number of nitrogens with one attached hydrogen (secondary N) is 1. The van der Waals surface area contributed by atoms with Crippen LogP contribution in [0.1, 0.15) is 17.1 Å². The second-order valence-electron chi connectivity index (χ2n) is 3.72. The monoisotopic (exact) mass is 240 g/mol. The zero-order valence-electron chi connectivity index (χ0n) is 9.88. The van der Waals surface area contributed by atoms with Gasteiger partial charge in [-0.2, -0.15) is 5.26 Å². The third-order valence-corrected chi connectivity index (χ3v) is 2.32. The Labute approximate surface area is 105 Å². The van der Waals surface area contributed by atoms with Crippen LogP contribution in [-0.2, 0) is 6.54 Å². The van der Waals surface area contributed by atoms with Crippen molar-refractivity contribution in [3.8, 4) is 6.07 Å². The van der Waals surface area contributed by atoms with E-state index in [2.05, 4.69) is 20.3 Å². The molecule has 0 aliphatic carbocycles. The van der Waals surface area contributed by atoms with Gasteiger partial charge < -0.3 is 11.1 Å². The van der Waals surface area contributed by atoms with Gasteiger partial charge in [-0.05, 0) is 19.1 Å². The van der Waals surface area contributed by atoms with E-state index in [4.69, 9.17) is 11.0 Å². The van der Waals surface area contributed by atoms with E-state index in [1.807, 2.05) is 19.1 Å². The molecule has 2 heterocycles. The van der Waals surface area contributed by atoms with Crippen molar-refractivity contribution in [1.82, 2.24) is 15.0 Å². The van der Waals surface area contributed by atoms with Gasteiger partial charge in [-0.3, -0.25) is 0 Å². The number of aryl methyl sites for hydroxylation is 1. The Hall–Kier alpha value is -2.68. The van der Waals surface area contributed by atoms with Gasteiger partial charge in [0.25, 0.3) is 0 Å². The molecule has 2 rings (SSSR count). The maximum atomic E-state index is 8.71. The summed E-state index contributed by atoms with van der Waals surface area (Å²) >= 11 is 0. The maximum Gasteiger partial charge on any atom is 0.149 e. The first-order valence-electron chi connectivity index (χ1n) is 5.37. The fourth-order valence-corrected chi connectivity index (χ4v) is 1.47. The number of hydrogen-bond acceptors (Lipinski definition) is 6. The fraction of sp³-hybridized carbons (Fsp3) is 0.167. The molecule has 0 amide bonds. The van der Waals surface area contributed by atoms with E-state index in [0.717, 1.165) is 11.5 Å². The number of pyridine rings is 1. The highest BCUT2D eigenvalue weighted by Gasteiger charge is 2.03. The standard InChI is InChI=1S/C12H12N6/c1-8-15-3-2-10(18-8)7-17-12-11(14)4-9(5-13)6-16-12/h2-4,6H,7,14H2,1H3,(H,16,17). The Kier molecular flexibility index (Phi) is 3.34. The quantitative estimate of drug-likeness (QED) is 0.837. The van der Waals surface area contributed by atoms with Crippen LogP contribution in [0.2, 0.25) is 0 Å². The van der Waals surface area contributed by atoms with Crippen molar-refractivity contribution < 1.29 is 0 Å². The van der Waals surface area contributed by atoms with Crippen LogP contribution in [0.4, 0.5) is 11.5 Å². The van der Waals surface area contributed by atoms with Crippen molar-refractivity contribution in [3.05, 3.63) is 41.6 Å². The van der Waals surface area contributed by atoms with Gasteiger partial charge in [0.15, 0.2) is 0 Å². The molecule has 2 aromatic rings. The molecular weight excluding hydrogens is 228 g/mol. The average Bonchev–Trinajstić information content (AvgIpc) is 2.37. The molecule has 90 valence electrons. The normalized spacial score (nSPS) is 9.78. The SMILES string of the molecule is Cc1nccc(CNc2ncc(C#N)cc2N)n1. The minimum Gasteiger partial charge on any atom is -0.396 e. The van der Waals surface area contributed by atoms with E-state index in [0.29, 0.717) is 23.6 Å². The van der Waals surface area contributed by atoms with Crippen LogP contribution < -0.4 is 11.1 Å². The molecule has 0 aliphatic rings. The summed E-state index contributed by atoms with van der Waals surface area (Å²) in [4.78, 5) is 12.4. The fourth-order valence-electron chi connectivity index (χ4n) is 1.47. The van der Waals surface area contributed by atoms with E-state index < -0.39 is 0 Å². The molecule has 2 aromatic heterocycles. The Bertz CT molecular complexity index is 602. The zero-order chi connectivity index (χ0) is 13.0. The van der Waals surface area contributed by atoms with Gasteiger partial charge in [0, 0.05) is 12.4 Å². The second kappa shape index (κ2) is 5.10. The molecule has 0 aliphatic heterocycles. The number of hydrogen-bond donors (Lipinski definition) is 2. The van der Waals surface area contributed by atoms with E-state index in [-0.39, 0.29) is 0 Å². The summed E-state index contributed by atoms with van der Waals surface area (Å²) in [7, 11) is 0. The number of nitrogen functional groups attached to an aromatic ring is 1. The van der Waals surface area contributed by atoms with E-state index in [1.54, 1.807) is 12.3 Å². The van der Waals surface area contributed by atoms with Gasteiger partial charge >= 0.3 is 0 Å². The number of anilines is 2. The molecule has 18 heavy (non-hydrogen) atoms. The number of nitrogens with zero attached hydrogens (tertiary/aromatic N) is 4. The van der Waals surface area contributed by atoms with E-state index in [1.165, 1.54) is 6.20 Å². The van der Waals surface area contributed by atoms with E-state index in [9.17, 15) is 0 Å². The maximum absolute atomic E-state index is 8.71. The summed E-state index contributed by atoms with van der Waals surface area (Å²) in [6.07, 6.45) is 3.18. The summed E-state index contributed by atoms with van der Waals surface area (Å²) in [6, 6.07) is 5.39. The smallest absolute Gasteiger partial charge is 0.149 e. The lowest BCUT2D eigenvalue weighted by Gasteiger charge is -2.07. The van der Waals surface area contributed by atoms with Crippen LogP contribution in [0.3, 0.4) is 0 Å². The molecular formula is C12H12N6. The van der Waals surface area contributed by atoms with Gasteiger partial charge in [0.05, 0.1) is 23.5 Å². The van der Waals surface area contributed by atoms with Gasteiger partial charge in [0.2, 0.25) is 0 Å². The molecule has 3 N–H and O–H groups in total. The summed E-state index contributed by atoms with van der Waals surface area (Å²) in [5.41, 5.74) is 7.52. The molecule has 0 fully saturated rings. The predicted octanol–water partition coefficient (Wildman–Crippen LogP) is 1.25. The molecule has 0 saturated heterocycles. The third-order valence-electron chi connectivity index (χ3n) is 2.32. The van der Waals surface area contributed by atoms with Gasteiger partial charge in [0.1, 0.15) is 17.7 Å². The van der Waals surface area contributed by atoms with Crippen LogP contribution in [0, 0.1) is 18.3 Å². The highest BCUT2D eigenvalue weighted by molar-refractivity contribution is 5.63. The second-order valence-corrected chi connectivity index (χ2v) is 3.72. The lowest BCUT2D eigenvalue weighted by Crippen LogP contribution is -2.07. The lowest BCUT2D eigenvalue weighted by molar-refractivity contribution is 0.950. The molecule has 0 bridgehead atoms. The van der Waals surface area contributed by atoms with Crippen molar-refractivity contribution in [2.75, 3.05) is 11.1 Å². The summed E-state index contributed by atoms with van der Waals surface area (Å²) in [6.45, 7) is 2.34. The Balaban J connectivity index is 2.09. The molecule has 0 spiro atoms. The number of aromatic nitrogens is 3. The van der Waals surface area contributed by atoms with Crippen LogP contribution >= 0.6 is 0 Å². The largest absolute Gasteiger partial charge is 0.396 e. The Morgan fingerprint density at radius 1 is 1.44 bits per heavy atom. The zero-order valence-corrected chi connectivity index (χ0v) is 9.88. The lowest BCUT2D eigenvalue weighted by atomic mass is 10.2. The van der Waals surface area contributed by atoms with Crippen LogP contribution in [-0.4, -0.2) is 15.0 Å². The van der Waals surface area contributed by atoms with Crippen molar-refractivity contribution >= 4 is 11.5 Å². The highest BCUT2D eigenvalue weighted by Crippen LogP contribution is 2.16. The number of nitrogens with two attached hydrogens (primary N) is 1. The van der Waals surface area contributed by atoms with Crippen LogP contribution in [0.5, 0.6) is 0 Å². The first-order chi connectivity index (χ1) is 8.69. The number of nitriles is 1. The van der Waals surface area contributed by atoms with Crippen molar-refractivity contribution in [1.29, 1.82) is 5.26 Å². The van der Waals surface area contributed by atoms with Gasteiger partial charge in [-0.15, -0.1) is 0 Å². The van der Waals surface area contributed by atoms with Gasteiger partial charge in [-0.25, -0.2) is 15.0 Å².